The van der Waals surface area contributed by atoms with Gasteiger partial charge in [-0.25, -0.2) is 13.2 Å². The molecule has 2 amide bonds. The predicted molar refractivity (Wildman–Crippen MR) is 93.6 cm³/mol. The summed E-state index contributed by atoms with van der Waals surface area (Å²) in [5, 5.41) is 2.80. The second kappa shape index (κ2) is 6.28. The Morgan fingerprint density at radius 3 is 2.46 bits per heavy atom. The highest BCUT2D eigenvalue weighted by molar-refractivity contribution is 7.90. The van der Waals surface area contributed by atoms with Crippen molar-refractivity contribution in [1.82, 2.24) is 4.90 Å². The monoisotopic (exact) mass is 344 g/mol. The summed E-state index contributed by atoms with van der Waals surface area (Å²) in [4.78, 5) is 14.5. The molecular weight excluding hydrogens is 324 g/mol. The van der Waals surface area contributed by atoms with Crippen LogP contribution in [0.4, 0.5) is 10.5 Å². The van der Waals surface area contributed by atoms with E-state index in [0.717, 1.165) is 11.8 Å². The number of urea groups is 1. The fourth-order valence-corrected chi connectivity index (χ4v) is 3.73. The Hall–Kier alpha value is -2.34. The molecule has 1 saturated heterocycles. The molecule has 0 bridgehead atoms. The van der Waals surface area contributed by atoms with Crippen LogP contribution in [0.25, 0.3) is 0 Å². The van der Waals surface area contributed by atoms with Gasteiger partial charge in [0.1, 0.15) is 0 Å². The summed E-state index contributed by atoms with van der Waals surface area (Å²) >= 11 is 0. The first kappa shape index (κ1) is 16.5. The number of nitrogens with zero attached hydrogens (tertiary/aromatic N) is 1. The van der Waals surface area contributed by atoms with Crippen molar-refractivity contribution < 1.29 is 13.2 Å². The molecule has 2 aromatic carbocycles. The van der Waals surface area contributed by atoms with Gasteiger partial charge in [-0.05, 0) is 29.7 Å². The summed E-state index contributed by atoms with van der Waals surface area (Å²) in [5.41, 5.74) is 1.59. The van der Waals surface area contributed by atoms with Crippen molar-refractivity contribution in [2.24, 2.45) is 5.92 Å². The largest absolute Gasteiger partial charge is 0.322 e. The highest BCUT2D eigenvalue weighted by atomic mass is 32.2. The number of likely N-dealkylation sites (tertiary alicyclic amines) is 1. The molecule has 24 heavy (non-hydrogen) atoms. The van der Waals surface area contributed by atoms with E-state index >= 15 is 0 Å². The second-order valence-electron chi connectivity index (χ2n) is 6.22. The van der Waals surface area contributed by atoms with E-state index in [-0.39, 0.29) is 17.0 Å². The Morgan fingerprint density at radius 1 is 1.12 bits per heavy atom. The Balaban J connectivity index is 1.76. The van der Waals surface area contributed by atoms with Crippen LogP contribution in [-0.2, 0) is 9.84 Å². The number of amides is 2. The highest BCUT2D eigenvalue weighted by Gasteiger charge is 2.39. The van der Waals surface area contributed by atoms with E-state index in [4.69, 9.17) is 0 Å². The fourth-order valence-electron chi connectivity index (χ4n) is 3.06. The number of carbonyl (C=O) groups excluding carboxylic acids is 1. The molecule has 1 aliphatic heterocycles. The zero-order chi connectivity index (χ0) is 17.3. The van der Waals surface area contributed by atoms with Crippen molar-refractivity contribution in [2.45, 2.75) is 17.9 Å². The lowest BCUT2D eigenvalue weighted by molar-refractivity contribution is 0.0671. The summed E-state index contributed by atoms with van der Waals surface area (Å²) in [7, 11) is -3.30. The number of sulfone groups is 1. The maximum absolute atomic E-state index is 12.6. The van der Waals surface area contributed by atoms with Gasteiger partial charge in [0, 0.05) is 18.5 Å². The van der Waals surface area contributed by atoms with E-state index in [2.05, 4.69) is 12.2 Å². The maximum atomic E-state index is 12.6. The smallest absolute Gasteiger partial charge is 0.317 e. The van der Waals surface area contributed by atoms with Gasteiger partial charge in [-0.2, -0.15) is 0 Å². The average molecular weight is 344 g/mol. The lowest BCUT2D eigenvalue weighted by Gasteiger charge is -2.46. The SMILES string of the molecule is CC1CN(C(=O)Nc2cccc(S(C)(=O)=O)c2)C1c1ccccc1. The zero-order valence-corrected chi connectivity index (χ0v) is 14.5. The predicted octanol–water partition coefficient (Wildman–Crippen LogP) is 3.32. The van der Waals surface area contributed by atoms with E-state index in [1.165, 1.54) is 12.1 Å². The van der Waals surface area contributed by atoms with Crippen molar-refractivity contribution >= 4 is 21.6 Å². The van der Waals surface area contributed by atoms with Crippen molar-refractivity contribution in [2.75, 3.05) is 18.1 Å². The molecule has 126 valence electrons. The minimum atomic E-state index is -3.30. The lowest BCUT2D eigenvalue weighted by Crippen LogP contribution is -2.53. The highest BCUT2D eigenvalue weighted by Crippen LogP contribution is 2.38. The number of benzene rings is 2. The summed E-state index contributed by atoms with van der Waals surface area (Å²) in [6, 6.07) is 16.1. The molecular formula is C18H20N2O3S. The molecule has 2 atom stereocenters. The summed E-state index contributed by atoms with van der Waals surface area (Å²) < 4.78 is 23.3. The number of hydrogen-bond acceptors (Lipinski definition) is 3. The normalized spacial score (nSPS) is 20.3. The molecule has 0 saturated carbocycles. The van der Waals surface area contributed by atoms with Crippen LogP contribution in [0.5, 0.6) is 0 Å². The topological polar surface area (TPSA) is 66.5 Å². The number of carbonyl (C=O) groups is 1. The van der Waals surface area contributed by atoms with Crippen molar-refractivity contribution in [3.05, 3.63) is 60.2 Å². The quantitative estimate of drug-likeness (QED) is 0.929. The molecule has 0 spiro atoms. The third-order valence-corrected chi connectivity index (χ3v) is 5.39. The fraction of sp³-hybridized carbons (Fsp3) is 0.278. The van der Waals surface area contributed by atoms with Crippen LogP contribution in [0.15, 0.2) is 59.5 Å². The summed E-state index contributed by atoms with van der Waals surface area (Å²) in [5.74, 6) is 0.389. The van der Waals surface area contributed by atoms with Crippen LogP contribution in [0.1, 0.15) is 18.5 Å². The van der Waals surface area contributed by atoms with Crippen LogP contribution in [-0.4, -0.2) is 32.1 Å². The minimum absolute atomic E-state index is 0.0456. The van der Waals surface area contributed by atoms with Crippen molar-refractivity contribution in [3.63, 3.8) is 0 Å². The van der Waals surface area contributed by atoms with E-state index in [1.54, 1.807) is 17.0 Å². The van der Waals surface area contributed by atoms with Gasteiger partial charge >= 0.3 is 6.03 Å². The molecule has 2 aromatic rings. The molecule has 2 unspecified atom stereocenters. The van der Waals surface area contributed by atoms with Crippen LogP contribution in [0, 0.1) is 5.92 Å². The molecule has 0 radical (unpaired) electrons. The Morgan fingerprint density at radius 2 is 1.83 bits per heavy atom. The van der Waals surface area contributed by atoms with Gasteiger partial charge in [-0.3, -0.25) is 0 Å². The zero-order valence-electron chi connectivity index (χ0n) is 13.6. The first-order valence-electron chi connectivity index (χ1n) is 7.79. The Labute approximate surface area is 142 Å². The number of hydrogen-bond donors (Lipinski definition) is 1. The molecule has 1 fully saturated rings. The summed E-state index contributed by atoms with van der Waals surface area (Å²) in [6.45, 7) is 2.79. The Kier molecular flexibility index (Phi) is 4.32. The third-order valence-electron chi connectivity index (χ3n) is 4.27. The first-order valence-corrected chi connectivity index (χ1v) is 9.68. The van der Waals surface area contributed by atoms with Crippen molar-refractivity contribution in [1.29, 1.82) is 0 Å². The number of rotatable bonds is 3. The van der Waals surface area contributed by atoms with Gasteiger partial charge in [0.2, 0.25) is 0 Å². The molecule has 0 aliphatic carbocycles. The van der Waals surface area contributed by atoms with Crippen LogP contribution < -0.4 is 5.32 Å². The summed E-state index contributed by atoms with van der Waals surface area (Å²) in [6.07, 6.45) is 1.15. The minimum Gasteiger partial charge on any atom is -0.317 e. The van der Waals surface area contributed by atoms with E-state index in [9.17, 15) is 13.2 Å². The third kappa shape index (κ3) is 3.28. The van der Waals surface area contributed by atoms with Gasteiger partial charge in [0.25, 0.3) is 0 Å². The van der Waals surface area contributed by atoms with Crippen LogP contribution in [0.2, 0.25) is 0 Å². The van der Waals surface area contributed by atoms with E-state index in [0.29, 0.717) is 18.2 Å². The molecule has 6 heteroatoms. The maximum Gasteiger partial charge on any atom is 0.322 e. The molecule has 3 rings (SSSR count). The second-order valence-corrected chi connectivity index (χ2v) is 8.23. The molecule has 1 heterocycles. The van der Waals surface area contributed by atoms with Gasteiger partial charge in [-0.15, -0.1) is 0 Å². The molecule has 0 aromatic heterocycles. The van der Waals surface area contributed by atoms with Gasteiger partial charge in [0.05, 0.1) is 10.9 Å². The van der Waals surface area contributed by atoms with Gasteiger partial charge < -0.3 is 10.2 Å². The standard InChI is InChI=1S/C18H20N2O3S/c1-13-12-20(17(13)14-7-4-3-5-8-14)18(21)19-15-9-6-10-16(11-15)24(2,22)23/h3-11,13,17H,12H2,1-2H3,(H,19,21). The molecule has 1 aliphatic rings. The Bertz CT molecular complexity index is 850. The van der Waals surface area contributed by atoms with E-state index in [1.807, 2.05) is 30.3 Å². The number of nitrogens with one attached hydrogen (secondary N) is 1. The average Bonchev–Trinajstić information content (AvgIpc) is 2.53. The van der Waals surface area contributed by atoms with E-state index < -0.39 is 9.84 Å². The molecule has 5 nitrogen and oxygen atoms in total. The number of anilines is 1. The van der Waals surface area contributed by atoms with Gasteiger partial charge in [-0.1, -0.05) is 43.3 Å². The lowest BCUT2D eigenvalue weighted by atomic mass is 9.85. The van der Waals surface area contributed by atoms with Crippen molar-refractivity contribution in [3.8, 4) is 0 Å². The van der Waals surface area contributed by atoms with Gasteiger partial charge in [0.15, 0.2) is 9.84 Å². The van der Waals surface area contributed by atoms with Crippen LogP contribution >= 0.6 is 0 Å². The molecule has 1 N–H and O–H groups in total. The van der Waals surface area contributed by atoms with Crippen LogP contribution in [0.3, 0.4) is 0 Å². The first-order chi connectivity index (χ1) is 11.4.